The fourth-order valence-electron chi connectivity index (χ4n) is 2.11. The molecule has 1 aromatic rings. The molecular formula is C12H14O2. The molecule has 0 bridgehead atoms. The van der Waals surface area contributed by atoms with Crippen LogP contribution in [0.4, 0.5) is 0 Å². The Hall–Kier alpha value is -1.12. The Morgan fingerprint density at radius 1 is 1.21 bits per heavy atom. The Bertz CT molecular complexity index is 346. The minimum absolute atomic E-state index is 0.0467. The summed E-state index contributed by atoms with van der Waals surface area (Å²) in [6, 6.07) is 7.66. The van der Waals surface area contributed by atoms with Crippen LogP contribution < -0.4 is 0 Å². The second kappa shape index (κ2) is 3.56. The van der Waals surface area contributed by atoms with Crippen molar-refractivity contribution in [3.8, 4) is 0 Å². The van der Waals surface area contributed by atoms with Crippen LogP contribution in [0.1, 0.15) is 29.6 Å². The molecule has 2 heteroatoms. The van der Waals surface area contributed by atoms with Crippen LogP contribution in [-0.2, 0) is 0 Å². The van der Waals surface area contributed by atoms with Crippen molar-refractivity contribution in [3.05, 3.63) is 48.0 Å². The predicted octanol–water partition coefficient (Wildman–Crippen LogP) is 1.75. The summed E-state index contributed by atoms with van der Waals surface area (Å²) in [6.07, 6.45) is 1.08. The molecule has 0 aromatic heterocycles. The zero-order valence-electron chi connectivity index (χ0n) is 7.93. The van der Waals surface area contributed by atoms with Gasteiger partial charge in [0, 0.05) is 12.3 Å². The normalized spacial score (nSPS) is 30.9. The number of fused-ring (bicyclic) bond motifs is 1. The first-order valence-corrected chi connectivity index (χ1v) is 4.81. The Morgan fingerprint density at radius 2 is 1.86 bits per heavy atom. The molecule has 2 nitrogen and oxygen atoms in total. The molecule has 1 aliphatic rings. The highest BCUT2D eigenvalue weighted by Crippen LogP contribution is 2.37. The van der Waals surface area contributed by atoms with E-state index in [-0.39, 0.29) is 5.92 Å². The van der Waals surface area contributed by atoms with Gasteiger partial charge in [-0.15, -0.1) is 6.58 Å². The summed E-state index contributed by atoms with van der Waals surface area (Å²) in [6.45, 7) is 3.72. The zero-order chi connectivity index (χ0) is 10.1. The molecule has 1 aromatic carbocycles. The molecule has 1 aliphatic carbocycles. The first kappa shape index (κ1) is 9.44. The number of aliphatic hydroxyl groups excluding tert-OH is 2. The summed E-state index contributed by atoms with van der Waals surface area (Å²) in [4.78, 5) is 0. The van der Waals surface area contributed by atoms with Crippen molar-refractivity contribution in [1.29, 1.82) is 0 Å². The molecular weight excluding hydrogens is 176 g/mol. The molecule has 0 aliphatic heterocycles. The van der Waals surface area contributed by atoms with E-state index in [0.717, 1.165) is 11.1 Å². The second-order valence-corrected chi connectivity index (χ2v) is 3.71. The van der Waals surface area contributed by atoms with Gasteiger partial charge in [-0.05, 0) is 11.1 Å². The van der Waals surface area contributed by atoms with Gasteiger partial charge >= 0.3 is 0 Å². The van der Waals surface area contributed by atoms with Crippen LogP contribution in [-0.4, -0.2) is 16.3 Å². The van der Waals surface area contributed by atoms with Crippen molar-refractivity contribution in [1.82, 2.24) is 0 Å². The van der Waals surface area contributed by atoms with Crippen LogP contribution in [0.2, 0.25) is 0 Å². The molecule has 0 radical (unpaired) electrons. The SMILES string of the molecule is C=CC1c2ccccc2C(O)CC1O. The predicted molar refractivity (Wildman–Crippen MR) is 55.0 cm³/mol. The number of rotatable bonds is 1. The number of benzene rings is 1. The third-order valence-corrected chi connectivity index (χ3v) is 2.85. The fraction of sp³-hybridized carbons (Fsp3) is 0.333. The molecule has 2 N–H and O–H groups in total. The summed E-state index contributed by atoms with van der Waals surface area (Å²) in [5, 5.41) is 19.5. The lowest BCUT2D eigenvalue weighted by molar-refractivity contribution is 0.0588. The molecule has 2 rings (SSSR count). The monoisotopic (exact) mass is 190 g/mol. The van der Waals surface area contributed by atoms with Gasteiger partial charge in [0.1, 0.15) is 0 Å². The summed E-state index contributed by atoms with van der Waals surface area (Å²) in [5.41, 5.74) is 1.91. The van der Waals surface area contributed by atoms with Crippen LogP contribution >= 0.6 is 0 Å². The van der Waals surface area contributed by atoms with E-state index in [4.69, 9.17) is 0 Å². The van der Waals surface area contributed by atoms with Crippen molar-refractivity contribution in [2.24, 2.45) is 0 Å². The van der Waals surface area contributed by atoms with E-state index in [1.807, 2.05) is 24.3 Å². The quantitative estimate of drug-likeness (QED) is 0.662. The minimum Gasteiger partial charge on any atom is -0.392 e. The van der Waals surface area contributed by atoms with Crippen molar-refractivity contribution in [3.63, 3.8) is 0 Å². The molecule has 0 saturated carbocycles. The fourth-order valence-corrected chi connectivity index (χ4v) is 2.11. The summed E-state index contributed by atoms with van der Waals surface area (Å²) >= 11 is 0. The minimum atomic E-state index is -0.544. The van der Waals surface area contributed by atoms with Gasteiger partial charge in [-0.1, -0.05) is 30.3 Å². The van der Waals surface area contributed by atoms with E-state index in [9.17, 15) is 10.2 Å². The van der Waals surface area contributed by atoms with Gasteiger partial charge in [-0.3, -0.25) is 0 Å². The number of aliphatic hydroxyl groups is 2. The van der Waals surface area contributed by atoms with Crippen LogP contribution in [0.3, 0.4) is 0 Å². The summed E-state index contributed by atoms with van der Waals surface area (Å²) in [5.74, 6) is -0.0467. The van der Waals surface area contributed by atoms with Gasteiger partial charge in [-0.25, -0.2) is 0 Å². The van der Waals surface area contributed by atoms with E-state index in [2.05, 4.69) is 6.58 Å². The maximum Gasteiger partial charge on any atom is 0.0817 e. The van der Waals surface area contributed by atoms with Gasteiger partial charge in [0.05, 0.1) is 12.2 Å². The zero-order valence-corrected chi connectivity index (χ0v) is 7.93. The smallest absolute Gasteiger partial charge is 0.0817 e. The number of hydrogen-bond acceptors (Lipinski definition) is 2. The average molecular weight is 190 g/mol. The van der Waals surface area contributed by atoms with E-state index < -0.39 is 12.2 Å². The molecule has 3 atom stereocenters. The lowest BCUT2D eigenvalue weighted by Gasteiger charge is -2.31. The third kappa shape index (κ3) is 1.37. The van der Waals surface area contributed by atoms with Crippen molar-refractivity contribution < 1.29 is 10.2 Å². The van der Waals surface area contributed by atoms with Gasteiger partial charge in [0.2, 0.25) is 0 Å². The molecule has 74 valence electrons. The maximum absolute atomic E-state index is 9.75. The topological polar surface area (TPSA) is 40.5 Å². The van der Waals surface area contributed by atoms with E-state index >= 15 is 0 Å². The standard InChI is InChI=1S/C12H14O2/c1-2-8-9-5-3-4-6-10(9)12(14)7-11(8)13/h2-6,8,11-14H,1,7H2. The molecule has 0 spiro atoms. The second-order valence-electron chi connectivity index (χ2n) is 3.71. The van der Waals surface area contributed by atoms with Gasteiger partial charge in [-0.2, -0.15) is 0 Å². The van der Waals surface area contributed by atoms with Crippen molar-refractivity contribution in [2.45, 2.75) is 24.5 Å². The highest BCUT2D eigenvalue weighted by atomic mass is 16.3. The molecule has 0 heterocycles. The Kier molecular flexibility index (Phi) is 2.40. The first-order chi connectivity index (χ1) is 6.74. The Morgan fingerprint density at radius 3 is 2.50 bits per heavy atom. The molecule has 3 unspecified atom stereocenters. The van der Waals surface area contributed by atoms with Crippen molar-refractivity contribution in [2.75, 3.05) is 0 Å². The molecule has 14 heavy (non-hydrogen) atoms. The number of hydrogen-bond donors (Lipinski definition) is 2. The molecule has 0 saturated heterocycles. The van der Waals surface area contributed by atoms with Gasteiger partial charge in [0.25, 0.3) is 0 Å². The van der Waals surface area contributed by atoms with Gasteiger partial charge < -0.3 is 10.2 Å². The third-order valence-electron chi connectivity index (χ3n) is 2.85. The van der Waals surface area contributed by atoms with Crippen LogP contribution in [0.5, 0.6) is 0 Å². The lowest BCUT2D eigenvalue weighted by Crippen LogP contribution is -2.26. The maximum atomic E-state index is 9.75. The summed E-state index contributed by atoms with van der Waals surface area (Å²) < 4.78 is 0. The van der Waals surface area contributed by atoms with Crippen LogP contribution in [0.15, 0.2) is 36.9 Å². The van der Waals surface area contributed by atoms with E-state index in [1.165, 1.54) is 0 Å². The molecule has 0 fully saturated rings. The van der Waals surface area contributed by atoms with Crippen LogP contribution in [0, 0.1) is 0 Å². The van der Waals surface area contributed by atoms with E-state index in [1.54, 1.807) is 6.08 Å². The summed E-state index contributed by atoms with van der Waals surface area (Å²) in [7, 11) is 0. The Labute approximate surface area is 83.5 Å². The first-order valence-electron chi connectivity index (χ1n) is 4.81. The van der Waals surface area contributed by atoms with Crippen molar-refractivity contribution >= 4 is 0 Å². The highest BCUT2D eigenvalue weighted by molar-refractivity contribution is 5.37. The lowest BCUT2D eigenvalue weighted by atomic mass is 9.79. The van der Waals surface area contributed by atoms with E-state index in [0.29, 0.717) is 6.42 Å². The molecule has 0 amide bonds. The highest BCUT2D eigenvalue weighted by Gasteiger charge is 2.30. The largest absolute Gasteiger partial charge is 0.392 e. The van der Waals surface area contributed by atoms with Gasteiger partial charge in [0.15, 0.2) is 0 Å². The van der Waals surface area contributed by atoms with Crippen LogP contribution in [0.25, 0.3) is 0 Å². The Balaban J connectivity index is 2.50. The average Bonchev–Trinajstić information content (AvgIpc) is 2.18.